The molecule has 0 amide bonds. The lowest BCUT2D eigenvalue weighted by Crippen LogP contribution is -2.36. The molecule has 0 radical (unpaired) electrons. The van der Waals surface area contributed by atoms with Crippen molar-refractivity contribution in [2.75, 3.05) is 37.5 Å². The highest BCUT2D eigenvalue weighted by Crippen LogP contribution is 2.22. The number of morpholine rings is 1. The molecule has 0 spiro atoms. The van der Waals surface area contributed by atoms with E-state index in [1.807, 2.05) is 35.4 Å². The number of anilines is 1. The van der Waals surface area contributed by atoms with Crippen molar-refractivity contribution in [3.05, 3.63) is 65.5 Å². The molecule has 1 saturated heterocycles. The Kier molecular flexibility index (Phi) is 5.89. The van der Waals surface area contributed by atoms with Crippen LogP contribution in [0, 0.1) is 5.82 Å². The van der Waals surface area contributed by atoms with E-state index >= 15 is 0 Å². The Morgan fingerprint density at radius 3 is 2.52 bits per heavy atom. The largest absolute Gasteiger partial charge is 0.378 e. The van der Waals surface area contributed by atoms with Crippen molar-refractivity contribution in [1.82, 2.24) is 0 Å². The van der Waals surface area contributed by atoms with Crippen molar-refractivity contribution in [2.24, 2.45) is 0 Å². The van der Waals surface area contributed by atoms with Gasteiger partial charge >= 0.3 is 0 Å². The zero-order chi connectivity index (χ0) is 17.6. The van der Waals surface area contributed by atoms with Gasteiger partial charge in [-0.2, -0.15) is 0 Å². The zero-order valence-electron chi connectivity index (χ0n) is 14.1. The van der Waals surface area contributed by atoms with Crippen LogP contribution in [-0.4, -0.2) is 38.3 Å². The van der Waals surface area contributed by atoms with Crippen LogP contribution in [-0.2, 0) is 4.74 Å². The Bertz CT molecular complexity index is 768. The standard InChI is InChI=1S/C20H20FNO2S/c1-25-17-6-2-15(3-7-17)4-9-20(23)16-5-8-19(18(21)14-16)22-10-12-24-13-11-22/h2-9,14H,10-13H2,1H3. The number of hydrogen-bond acceptors (Lipinski definition) is 4. The van der Waals surface area contributed by atoms with Crippen LogP contribution in [0.3, 0.4) is 0 Å². The molecule has 3 nitrogen and oxygen atoms in total. The number of hydrogen-bond donors (Lipinski definition) is 0. The molecule has 1 aliphatic heterocycles. The molecule has 0 bridgehead atoms. The molecule has 2 aromatic rings. The molecule has 1 fully saturated rings. The summed E-state index contributed by atoms with van der Waals surface area (Å²) in [4.78, 5) is 15.4. The maximum Gasteiger partial charge on any atom is 0.185 e. The number of halogens is 1. The Hall–Kier alpha value is -2.11. The van der Waals surface area contributed by atoms with Gasteiger partial charge in [0.1, 0.15) is 5.82 Å². The molecular formula is C20H20FNO2S. The van der Waals surface area contributed by atoms with E-state index in [0.29, 0.717) is 37.6 Å². The summed E-state index contributed by atoms with van der Waals surface area (Å²) >= 11 is 1.67. The second kappa shape index (κ2) is 8.32. The molecule has 2 aromatic carbocycles. The summed E-state index contributed by atoms with van der Waals surface area (Å²) in [5, 5.41) is 0. The molecule has 0 aromatic heterocycles. The number of rotatable bonds is 5. The third kappa shape index (κ3) is 4.50. The van der Waals surface area contributed by atoms with Crippen LogP contribution in [0.4, 0.5) is 10.1 Å². The molecule has 0 aliphatic carbocycles. The third-order valence-corrected chi connectivity index (χ3v) is 4.87. The molecule has 25 heavy (non-hydrogen) atoms. The SMILES string of the molecule is CSc1ccc(C=CC(=O)c2ccc(N3CCOCC3)c(F)c2)cc1. The van der Waals surface area contributed by atoms with Gasteiger partial charge in [-0.05, 0) is 48.2 Å². The number of benzene rings is 2. The molecular weight excluding hydrogens is 337 g/mol. The summed E-state index contributed by atoms with van der Waals surface area (Å²) < 4.78 is 19.7. The van der Waals surface area contributed by atoms with E-state index in [4.69, 9.17) is 4.74 Å². The normalized spacial score (nSPS) is 14.9. The van der Waals surface area contributed by atoms with Crippen LogP contribution >= 0.6 is 11.8 Å². The van der Waals surface area contributed by atoms with Crippen molar-refractivity contribution in [3.8, 4) is 0 Å². The first-order valence-corrected chi connectivity index (χ1v) is 9.38. The van der Waals surface area contributed by atoms with Crippen molar-refractivity contribution >= 4 is 29.3 Å². The van der Waals surface area contributed by atoms with Gasteiger partial charge in [0.15, 0.2) is 5.78 Å². The smallest absolute Gasteiger partial charge is 0.185 e. The van der Waals surface area contributed by atoms with Gasteiger partial charge in [0.25, 0.3) is 0 Å². The summed E-state index contributed by atoms with van der Waals surface area (Å²) in [5.41, 5.74) is 1.82. The van der Waals surface area contributed by atoms with E-state index in [0.717, 1.165) is 5.56 Å². The van der Waals surface area contributed by atoms with Gasteiger partial charge in [0.2, 0.25) is 0 Å². The van der Waals surface area contributed by atoms with E-state index in [-0.39, 0.29) is 11.6 Å². The number of nitrogens with zero attached hydrogens (tertiary/aromatic N) is 1. The van der Waals surface area contributed by atoms with E-state index < -0.39 is 0 Å². The van der Waals surface area contributed by atoms with Gasteiger partial charge < -0.3 is 9.64 Å². The molecule has 0 N–H and O–H groups in total. The van der Waals surface area contributed by atoms with Crippen molar-refractivity contribution in [3.63, 3.8) is 0 Å². The van der Waals surface area contributed by atoms with E-state index in [1.54, 1.807) is 30.0 Å². The first-order chi connectivity index (χ1) is 12.2. The molecule has 5 heteroatoms. The van der Waals surface area contributed by atoms with Gasteiger partial charge in [-0.15, -0.1) is 11.8 Å². The van der Waals surface area contributed by atoms with Crippen LogP contribution < -0.4 is 4.90 Å². The van der Waals surface area contributed by atoms with Crippen LogP contribution in [0.5, 0.6) is 0 Å². The molecule has 0 unspecified atom stereocenters. The Morgan fingerprint density at radius 2 is 1.88 bits per heavy atom. The number of ether oxygens (including phenoxy) is 1. The third-order valence-electron chi connectivity index (χ3n) is 4.13. The van der Waals surface area contributed by atoms with Crippen LogP contribution in [0.15, 0.2) is 53.4 Å². The fourth-order valence-electron chi connectivity index (χ4n) is 2.70. The van der Waals surface area contributed by atoms with Crippen LogP contribution in [0.1, 0.15) is 15.9 Å². The molecule has 130 valence electrons. The van der Waals surface area contributed by atoms with Crippen molar-refractivity contribution in [2.45, 2.75) is 4.90 Å². The maximum absolute atomic E-state index is 14.4. The Balaban J connectivity index is 1.71. The Labute approximate surface area is 151 Å². The average Bonchev–Trinajstić information content (AvgIpc) is 2.67. The summed E-state index contributed by atoms with van der Waals surface area (Å²) in [6, 6.07) is 12.6. The van der Waals surface area contributed by atoms with Gasteiger partial charge in [-0.3, -0.25) is 4.79 Å². The second-order valence-electron chi connectivity index (χ2n) is 5.74. The fourth-order valence-corrected chi connectivity index (χ4v) is 3.11. The molecule has 3 rings (SSSR count). The first-order valence-electron chi connectivity index (χ1n) is 8.16. The predicted molar refractivity (Wildman–Crippen MR) is 101 cm³/mol. The first kappa shape index (κ1) is 17.7. The van der Waals surface area contributed by atoms with Crippen LogP contribution in [0.25, 0.3) is 6.08 Å². The Morgan fingerprint density at radius 1 is 1.16 bits per heavy atom. The van der Waals surface area contributed by atoms with Crippen molar-refractivity contribution in [1.29, 1.82) is 0 Å². The van der Waals surface area contributed by atoms with Gasteiger partial charge in [0.05, 0.1) is 18.9 Å². The molecule has 0 atom stereocenters. The highest BCUT2D eigenvalue weighted by atomic mass is 32.2. The van der Waals surface area contributed by atoms with E-state index in [2.05, 4.69) is 0 Å². The lowest BCUT2D eigenvalue weighted by atomic mass is 10.1. The lowest BCUT2D eigenvalue weighted by molar-refractivity contribution is 0.104. The number of thioether (sulfide) groups is 1. The van der Waals surface area contributed by atoms with Gasteiger partial charge in [0, 0.05) is 23.5 Å². The van der Waals surface area contributed by atoms with E-state index in [1.165, 1.54) is 17.0 Å². The molecule has 0 saturated carbocycles. The molecule has 1 heterocycles. The highest BCUT2D eigenvalue weighted by molar-refractivity contribution is 7.98. The number of carbonyl (C=O) groups is 1. The maximum atomic E-state index is 14.4. The highest BCUT2D eigenvalue weighted by Gasteiger charge is 2.16. The van der Waals surface area contributed by atoms with Crippen LogP contribution in [0.2, 0.25) is 0 Å². The topological polar surface area (TPSA) is 29.5 Å². The van der Waals surface area contributed by atoms with Gasteiger partial charge in [-0.1, -0.05) is 18.2 Å². The summed E-state index contributed by atoms with van der Waals surface area (Å²) in [7, 11) is 0. The quantitative estimate of drug-likeness (QED) is 0.454. The van der Waals surface area contributed by atoms with Gasteiger partial charge in [-0.25, -0.2) is 4.39 Å². The lowest BCUT2D eigenvalue weighted by Gasteiger charge is -2.29. The number of allylic oxidation sites excluding steroid dienone is 1. The number of ketones is 1. The second-order valence-corrected chi connectivity index (χ2v) is 6.62. The zero-order valence-corrected chi connectivity index (χ0v) is 14.9. The van der Waals surface area contributed by atoms with Crippen molar-refractivity contribution < 1.29 is 13.9 Å². The minimum absolute atomic E-state index is 0.207. The van der Waals surface area contributed by atoms with E-state index in [9.17, 15) is 9.18 Å². The average molecular weight is 357 g/mol. The minimum atomic E-state index is -0.370. The predicted octanol–water partition coefficient (Wildman–Crippen LogP) is 4.28. The summed E-state index contributed by atoms with van der Waals surface area (Å²) in [6.45, 7) is 2.52. The fraction of sp³-hybridized carbons (Fsp3) is 0.250. The summed E-state index contributed by atoms with van der Waals surface area (Å²) in [5.74, 6) is -0.577. The monoisotopic (exact) mass is 357 g/mol. The molecule has 1 aliphatic rings. The number of carbonyl (C=O) groups excluding carboxylic acids is 1. The minimum Gasteiger partial charge on any atom is -0.378 e. The summed E-state index contributed by atoms with van der Waals surface area (Å²) in [6.07, 6.45) is 5.25.